The summed E-state index contributed by atoms with van der Waals surface area (Å²) in [7, 11) is 0. The van der Waals surface area contributed by atoms with Gasteiger partial charge in [-0.3, -0.25) is 0 Å². The first-order valence-corrected chi connectivity index (χ1v) is 9.24. The van der Waals surface area contributed by atoms with E-state index in [2.05, 4.69) is 36.2 Å². The first-order chi connectivity index (χ1) is 12.9. The number of carbonyl (C=O) groups is 1. The SMILES string of the molecule is CC[C@@H](O)[C@H]1COC(=O)N1c1nc(N[C@@H](C)c2ccc(Br)nc2)ncc1F. The number of nitrogens with zero attached hydrogens (tertiary/aromatic N) is 4. The number of carbonyl (C=O) groups excluding carboxylic acids is 1. The van der Waals surface area contributed by atoms with Gasteiger partial charge in [-0.25, -0.2) is 24.1 Å². The van der Waals surface area contributed by atoms with Gasteiger partial charge >= 0.3 is 6.09 Å². The van der Waals surface area contributed by atoms with Gasteiger partial charge in [-0.1, -0.05) is 13.0 Å². The van der Waals surface area contributed by atoms with E-state index in [0.29, 0.717) is 11.0 Å². The number of nitrogens with one attached hydrogen (secondary N) is 1. The number of hydrogen-bond donors (Lipinski definition) is 2. The average Bonchev–Trinajstić information content (AvgIpc) is 3.04. The average molecular weight is 440 g/mol. The fourth-order valence-electron chi connectivity index (χ4n) is 2.75. The lowest BCUT2D eigenvalue weighted by Crippen LogP contribution is -2.43. The highest BCUT2D eigenvalue weighted by molar-refractivity contribution is 9.10. The standard InChI is InChI=1S/C17H19BrFN5O3/c1-3-13(25)12-8-27-17(26)24(12)15-11(19)7-21-16(23-15)22-9(2)10-4-5-14(18)20-6-10/h4-7,9,12-13,25H,3,8H2,1-2H3,(H,21,22,23)/t9-,12+,13+/m0/s1. The van der Waals surface area contributed by atoms with Gasteiger partial charge in [-0.2, -0.15) is 4.98 Å². The van der Waals surface area contributed by atoms with Crippen LogP contribution in [0.5, 0.6) is 0 Å². The predicted octanol–water partition coefficient (Wildman–Crippen LogP) is 3.04. The molecule has 2 N–H and O–H groups in total. The lowest BCUT2D eigenvalue weighted by Gasteiger charge is -2.24. The summed E-state index contributed by atoms with van der Waals surface area (Å²) in [4.78, 5) is 25.4. The van der Waals surface area contributed by atoms with E-state index in [9.17, 15) is 14.3 Å². The van der Waals surface area contributed by atoms with Gasteiger partial charge in [0.15, 0.2) is 11.6 Å². The summed E-state index contributed by atoms with van der Waals surface area (Å²) in [6, 6.07) is 2.78. The van der Waals surface area contributed by atoms with Crippen molar-refractivity contribution >= 4 is 33.8 Å². The molecule has 1 fully saturated rings. The molecule has 144 valence electrons. The maximum absolute atomic E-state index is 14.3. The van der Waals surface area contributed by atoms with Crippen molar-refractivity contribution < 1.29 is 19.0 Å². The first-order valence-electron chi connectivity index (χ1n) is 8.45. The second-order valence-electron chi connectivity index (χ2n) is 6.14. The number of hydrogen-bond acceptors (Lipinski definition) is 7. The Kier molecular flexibility index (Phi) is 5.85. The minimum absolute atomic E-state index is 0.0268. The minimum Gasteiger partial charge on any atom is -0.447 e. The minimum atomic E-state index is -0.852. The molecule has 3 heterocycles. The Morgan fingerprint density at radius 2 is 2.22 bits per heavy atom. The van der Waals surface area contributed by atoms with Crippen LogP contribution >= 0.6 is 15.9 Å². The molecule has 2 aromatic rings. The molecule has 1 aliphatic heterocycles. The Morgan fingerprint density at radius 3 is 2.89 bits per heavy atom. The molecule has 1 aliphatic rings. The van der Waals surface area contributed by atoms with E-state index in [1.165, 1.54) is 0 Å². The molecule has 0 unspecified atom stereocenters. The molecule has 2 aromatic heterocycles. The number of cyclic esters (lactones) is 1. The molecule has 3 rings (SSSR count). The molecule has 0 spiro atoms. The van der Waals surface area contributed by atoms with E-state index >= 15 is 0 Å². The lowest BCUT2D eigenvalue weighted by atomic mass is 10.1. The number of halogens is 2. The van der Waals surface area contributed by atoms with Crippen LogP contribution in [-0.4, -0.2) is 44.9 Å². The van der Waals surface area contributed by atoms with Gasteiger partial charge in [0, 0.05) is 6.20 Å². The molecule has 3 atom stereocenters. The van der Waals surface area contributed by atoms with E-state index in [1.807, 2.05) is 13.0 Å². The Balaban J connectivity index is 1.85. The molecule has 0 saturated carbocycles. The normalized spacial score (nSPS) is 18.9. The monoisotopic (exact) mass is 439 g/mol. The fraction of sp³-hybridized carbons (Fsp3) is 0.412. The Morgan fingerprint density at radius 1 is 1.44 bits per heavy atom. The zero-order valence-electron chi connectivity index (χ0n) is 14.8. The van der Waals surface area contributed by atoms with Gasteiger partial charge in [0.1, 0.15) is 17.3 Å². The highest BCUT2D eigenvalue weighted by Crippen LogP contribution is 2.28. The van der Waals surface area contributed by atoms with Crippen molar-refractivity contribution in [3.05, 3.63) is 40.5 Å². The smallest absolute Gasteiger partial charge is 0.416 e. The third kappa shape index (κ3) is 4.16. The van der Waals surface area contributed by atoms with Gasteiger partial charge in [0.05, 0.1) is 18.3 Å². The third-order valence-corrected chi connectivity index (χ3v) is 4.79. The van der Waals surface area contributed by atoms with Crippen LogP contribution < -0.4 is 10.2 Å². The fourth-order valence-corrected chi connectivity index (χ4v) is 2.99. The number of amides is 1. The number of anilines is 2. The van der Waals surface area contributed by atoms with Crippen molar-refractivity contribution in [1.82, 2.24) is 15.0 Å². The van der Waals surface area contributed by atoms with Crippen molar-refractivity contribution in [2.75, 3.05) is 16.8 Å². The molecule has 10 heteroatoms. The van der Waals surface area contributed by atoms with Crippen LogP contribution in [0.2, 0.25) is 0 Å². The number of rotatable bonds is 6. The van der Waals surface area contributed by atoms with E-state index in [-0.39, 0.29) is 24.4 Å². The van der Waals surface area contributed by atoms with Crippen molar-refractivity contribution in [2.45, 2.75) is 38.5 Å². The van der Waals surface area contributed by atoms with Crippen LogP contribution in [0.4, 0.5) is 21.0 Å². The molecule has 8 nitrogen and oxygen atoms in total. The highest BCUT2D eigenvalue weighted by Gasteiger charge is 2.40. The van der Waals surface area contributed by atoms with Crippen LogP contribution in [-0.2, 0) is 4.74 Å². The number of aromatic nitrogens is 3. The molecule has 1 amide bonds. The summed E-state index contributed by atoms with van der Waals surface area (Å²) in [6.07, 6.45) is 1.47. The van der Waals surface area contributed by atoms with Crippen molar-refractivity contribution in [1.29, 1.82) is 0 Å². The van der Waals surface area contributed by atoms with E-state index in [4.69, 9.17) is 4.74 Å². The topological polar surface area (TPSA) is 100 Å². The molecular formula is C17H19BrFN5O3. The van der Waals surface area contributed by atoms with Gasteiger partial charge in [-0.15, -0.1) is 0 Å². The van der Waals surface area contributed by atoms with Crippen LogP contribution in [0.1, 0.15) is 31.9 Å². The van der Waals surface area contributed by atoms with Crippen LogP contribution in [0.25, 0.3) is 0 Å². The molecule has 0 radical (unpaired) electrons. The lowest BCUT2D eigenvalue weighted by molar-refractivity contribution is 0.125. The number of pyridine rings is 1. The van der Waals surface area contributed by atoms with E-state index in [1.54, 1.807) is 19.2 Å². The number of ether oxygens (including phenoxy) is 1. The van der Waals surface area contributed by atoms with Crippen molar-refractivity contribution in [3.63, 3.8) is 0 Å². The summed E-state index contributed by atoms with van der Waals surface area (Å²) in [6.45, 7) is 3.62. The highest BCUT2D eigenvalue weighted by atomic mass is 79.9. The summed E-state index contributed by atoms with van der Waals surface area (Å²) in [5, 5.41) is 13.2. The zero-order valence-corrected chi connectivity index (χ0v) is 16.4. The van der Waals surface area contributed by atoms with Crippen LogP contribution in [0, 0.1) is 5.82 Å². The number of aliphatic hydroxyl groups is 1. The molecular weight excluding hydrogens is 421 g/mol. The Bertz CT molecular complexity index is 823. The summed E-state index contributed by atoms with van der Waals surface area (Å²) in [5.41, 5.74) is 0.882. The van der Waals surface area contributed by atoms with Gasteiger partial charge < -0.3 is 15.2 Å². The van der Waals surface area contributed by atoms with E-state index in [0.717, 1.165) is 16.7 Å². The van der Waals surface area contributed by atoms with Crippen LogP contribution in [0.15, 0.2) is 29.1 Å². The molecule has 0 aromatic carbocycles. The van der Waals surface area contributed by atoms with E-state index < -0.39 is 24.1 Å². The predicted molar refractivity (Wildman–Crippen MR) is 99.9 cm³/mol. The summed E-state index contributed by atoms with van der Waals surface area (Å²) in [5.74, 6) is -0.856. The molecule has 0 bridgehead atoms. The first kappa shape index (κ1) is 19.4. The molecule has 1 saturated heterocycles. The Labute approximate surface area is 163 Å². The quantitative estimate of drug-likeness (QED) is 0.666. The molecule has 27 heavy (non-hydrogen) atoms. The van der Waals surface area contributed by atoms with Gasteiger partial charge in [0.25, 0.3) is 0 Å². The maximum atomic E-state index is 14.3. The molecule has 0 aliphatic carbocycles. The number of aliphatic hydroxyl groups excluding tert-OH is 1. The third-order valence-electron chi connectivity index (χ3n) is 4.32. The van der Waals surface area contributed by atoms with Crippen molar-refractivity contribution in [3.8, 4) is 0 Å². The summed E-state index contributed by atoms with van der Waals surface area (Å²) < 4.78 is 20.0. The Hall–Kier alpha value is -2.33. The summed E-state index contributed by atoms with van der Waals surface area (Å²) >= 11 is 3.28. The largest absolute Gasteiger partial charge is 0.447 e. The van der Waals surface area contributed by atoms with Gasteiger partial charge in [0.2, 0.25) is 5.95 Å². The maximum Gasteiger partial charge on any atom is 0.416 e. The zero-order chi connectivity index (χ0) is 19.6. The van der Waals surface area contributed by atoms with Crippen LogP contribution in [0.3, 0.4) is 0 Å². The van der Waals surface area contributed by atoms with Crippen molar-refractivity contribution in [2.24, 2.45) is 0 Å². The van der Waals surface area contributed by atoms with Gasteiger partial charge in [-0.05, 0) is 40.9 Å². The second-order valence-corrected chi connectivity index (χ2v) is 6.95. The second kappa shape index (κ2) is 8.13.